The van der Waals surface area contributed by atoms with Crippen LogP contribution in [-0.2, 0) is 0 Å². The van der Waals surface area contributed by atoms with Gasteiger partial charge in [0.15, 0.2) is 5.13 Å². The lowest BCUT2D eigenvalue weighted by Crippen LogP contribution is -2.36. The van der Waals surface area contributed by atoms with Crippen LogP contribution in [0.25, 0.3) is 0 Å². The summed E-state index contributed by atoms with van der Waals surface area (Å²) in [6.07, 6.45) is 4.31. The minimum atomic E-state index is -0.584. The van der Waals surface area contributed by atoms with E-state index in [0.29, 0.717) is 15.9 Å². The molecule has 0 saturated carbocycles. The number of thiazole rings is 1. The summed E-state index contributed by atoms with van der Waals surface area (Å²) in [7, 11) is 1.60. The van der Waals surface area contributed by atoms with E-state index in [2.05, 4.69) is 15.3 Å². The minimum Gasteiger partial charge on any atom is -0.443 e. The number of aryl methyl sites for hydroxylation is 1. The predicted octanol–water partition coefficient (Wildman–Crippen LogP) is 2.48. The van der Waals surface area contributed by atoms with Crippen molar-refractivity contribution in [2.45, 2.75) is 20.0 Å². The molecule has 0 aliphatic rings. The molecule has 22 heavy (non-hydrogen) atoms. The van der Waals surface area contributed by atoms with Gasteiger partial charge in [0, 0.05) is 19.8 Å². The zero-order chi connectivity index (χ0) is 16.1. The number of hydrogen-bond donors (Lipinski definition) is 2. The van der Waals surface area contributed by atoms with Gasteiger partial charge in [0.05, 0.1) is 18.5 Å². The smallest absolute Gasteiger partial charge is 0.323 e. The molecule has 0 aliphatic carbocycles. The third-order valence-electron chi connectivity index (χ3n) is 2.65. The number of rotatable bonds is 5. The molecule has 0 radical (unpaired) electrons. The topological polar surface area (TPSA) is 87.6 Å². The van der Waals surface area contributed by atoms with Crippen LogP contribution in [-0.4, -0.2) is 45.7 Å². The number of aromatic nitrogens is 2. The fraction of sp³-hybridized carbons (Fsp3) is 0.357. The highest BCUT2D eigenvalue weighted by Crippen LogP contribution is 2.30. The van der Waals surface area contributed by atoms with Gasteiger partial charge in [-0.25, -0.2) is 9.78 Å². The third-order valence-corrected chi connectivity index (χ3v) is 3.44. The van der Waals surface area contributed by atoms with Crippen molar-refractivity contribution in [1.82, 2.24) is 14.9 Å². The highest BCUT2D eigenvalue weighted by Gasteiger charge is 2.13. The van der Waals surface area contributed by atoms with E-state index in [-0.39, 0.29) is 12.6 Å². The maximum Gasteiger partial charge on any atom is 0.323 e. The Kier molecular flexibility index (Phi) is 5.29. The normalized spacial score (nSPS) is 11.8. The number of nitrogens with one attached hydrogen (secondary N) is 1. The molecule has 2 aromatic rings. The number of pyridine rings is 1. The number of aliphatic hydroxyl groups is 1. The first-order valence-electron chi connectivity index (χ1n) is 6.69. The molecule has 2 N–H and O–H groups in total. The van der Waals surface area contributed by atoms with E-state index in [1.807, 2.05) is 13.0 Å². The molecule has 0 aliphatic heterocycles. The van der Waals surface area contributed by atoms with Crippen molar-refractivity contribution in [1.29, 1.82) is 0 Å². The van der Waals surface area contributed by atoms with Gasteiger partial charge in [-0.2, -0.15) is 0 Å². The van der Waals surface area contributed by atoms with Crippen LogP contribution in [0.1, 0.15) is 12.5 Å². The molecule has 0 unspecified atom stereocenters. The molecule has 2 aromatic heterocycles. The quantitative estimate of drug-likeness (QED) is 0.883. The van der Waals surface area contributed by atoms with Crippen LogP contribution in [0.2, 0.25) is 0 Å². The van der Waals surface area contributed by atoms with Gasteiger partial charge in [-0.3, -0.25) is 10.3 Å². The van der Waals surface area contributed by atoms with E-state index < -0.39 is 6.10 Å². The highest BCUT2D eigenvalue weighted by molar-refractivity contribution is 7.17. The molecule has 0 fully saturated rings. The molecule has 8 heteroatoms. The van der Waals surface area contributed by atoms with E-state index in [9.17, 15) is 9.90 Å². The average molecular weight is 322 g/mol. The summed E-state index contributed by atoms with van der Waals surface area (Å²) in [5.74, 6) is 0.618. The van der Waals surface area contributed by atoms with Crippen LogP contribution in [0.3, 0.4) is 0 Å². The van der Waals surface area contributed by atoms with Crippen LogP contribution < -0.4 is 10.1 Å². The minimum absolute atomic E-state index is 0.246. The first-order valence-corrected chi connectivity index (χ1v) is 7.51. The second kappa shape index (κ2) is 7.19. The first kappa shape index (κ1) is 16.2. The van der Waals surface area contributed by atoms with Gasteiger partial charge < -0.3 is 14.7 Å². The van der Waals surface area contributed by atoms with Crippen molar-refractivity contribution in [3.8, 4) is 10.8 Å². The maximum atomic E-state index is 11.9. The molecule has 0 spiro atoms. The van der Waals surface area contributed by atoms with E-state index in [4.69, 9.17) is 4.74 Å². The number of urea groups is 1. The summed E-state index contributed by atoms with van der Waals surface area (Å²) in [6.45, 7) is 3.79. The lowest BCUT2D eigenvalue weighted by Gasteiger charge is -2.18. The van der Waals surface area contributed by atoms with Gasteiger partial charge in [-0.15, -0.1) is 0 Å². The first-order chi connectivity index (χ1) is 10.4. The number of hydrogen-bond acceptors (Lipinski definition) is 6. The van der Waals surface area contributed by atoms with Crippen LogP contribution >= 0.6 is 11.3 Å². The lowest BCUT2D eigenvalue weighted by atomic mass is 10.3. The number of likely N-dealkylation sites (N-methyl/N-ethyl adjacent to an activating group) is 1. The van der Waals surface area contributed by atoms with Crippen LogP contribution in [0.15, 0.2) is 24.7 Å². The summed E-state index contributed by atoms with van der Waals surface area (Å²) in [5, 5.41) is 12.9. The molecule has 1 atom stereocenters. The Bertz CT molecular complexity index is 645. The van der Waals surface area contributed by atoms with Crippen molar-refractivity contribution >= 4 is 22.5 Å². The number of anilines is 1. The second-order valence-electron chi connectivity index (χ2n) is 4.94. The van der Waals surface area contributed by atoms with E-state index >= 15 is 0 Å². The number of aliphatic hydroxyl groups excluding tert-OH is 1. The fourth-order valence-electron chi connectivity index (χ4n) is 1.73. The lowest BCUT2D eigenvalue weighted by molar-refractivity contribution is 0.149. The average Bonchev–Trinajstić information content (AvgIpc) is 2.85. The summed E-state index contributed by atoms with van der Waals surface area (Å²) < 4.78 is 5.64. The van der Waals surface area contributed by atoms with Gasteiger partial charge in [-0.1, -0.05) is 11.3 Å². The van der Waals surface area contributed by atoms with Gasteiger partial charge in [0.1, 0.15) is 5.75 Å². The van der Waals surface area contributed by atoms with E-state index in [1.54, 1.807) is 26.4 Å². The largest absolute Gasteiger partial charge is 0.443 e. The number of nitrogens with zero attached hydrogens (tertiary/aromatic N) is 3. The van der Waals surface area contributed by atoms with Gasteiger partial charge in [0.25, 0.3) is 0 Å². The Labute approximate surface area is 132 Å². The Morgan fingerprint density at radius 3 is 2.95 bits per heavy atom. The standard InChI is InChI=1S/C14H18N4O3S/c1-9-4-11(6-15-5-9)21-12-7-16-13(22-12)17-14(20)18(3)8-10(2)19/h4-7,10,19H,8H2,1-3H3,(H,16,17,20)/t10-/m0/s1. The molecule has 0 bridgehead atoms. The number of carbonyl (C=O) groups excluding carboxylic acids is 1. The summed E-state index contributed by atoms with van der Waals surface area (Å²) in [6, 6.07) is 1.53. The SMILES string of the molecule is Cc1cncc(Oc2cnc(NC(=O)N(C)C[C@H](C)O)s2)c1. The maximum absolute atomic E-state index is 11.9. The molecule has 7 nitrogen and oxygen atoms in total. The summed E-state index contributed by atoms with van der Waals surface area (Å²) in [5.41, 5.74) is 0.996. The van der Waals surface area contributed by atoms with Crippen LogP contribution in [0.5, 0.6) is 10.8 Å². The predicted molar refractivity (Wildman–Crippen MR) is 84.5 cm³/mol. The molecule has 2 rings (SSSR count). The van der Waals surface area contributed by atoms with Gasteiger partial charge >= 0.3 is 6.03 Å². The molecule has 0 aromatic carbocycles. The van der Waals surface area contributed by atoms with Crippen molar-refractivity contribution < 1.29 is 14.6 Å². The molecule has 118 valence electrons. The molecule has 0 saturated heterocycles. The Morgan fingerprint density at radius 2 is 2.27 bits per heavy atom. The van der Waals surface area contributed by atoms with E-state index in [1.165, 1.54) is 22.4 Å². The van der Waals surface area contributed by atoms with Gasteiger partial charge in [-0.05, 0) is 25.5 Å². The fourth-order valence-corrected chi connectivity index (χ4v) is 2.41. The summed E-state index contributed by atoms with van der Waals surface area (Å²) >= 11 is 1.22. The van der Waals surface area contributed by atoms with Crippen molar-refractivity contribution in [3.63, 3.8) is 0 Å². The molecular formula is C14H18N4O3S. The third kappa shape index (κ3) is 4.68. The summed E-state index contributed by atoms with van der Waals surface area (Å²) in [4.78, 5) is 21.4. The van der Waals surface area contributed by atoms with Crippen molar-refractivity contribution in [2.75, 3.05) is 18.9 Å². The number of amides is 2. The zero-order valence-electron chi connectivity index (χ0n) is 12.6. The zero-order valence-corrected chi connectivity index (χ0v) is 13.4. The Balaban J connectivity index is 1.95. The van der Waals surface area contributed by atoms with Gasteiger partial charge in [0.2, 0.25) is 5.06 Å². The van der Waals surface area contributed by atoms with Crippen LogP contribution in [0.4, 0.5) is 9.93 Å². The van der Waals surface area contributed by atoms with Crippen molar-refractivity contribution in [3.05, 3.63) is 30.2 Å². The number of carbonyl (C=O) groups is 1. The van der Waals surface area contributed by atoms with Crippen molar-refractivity contribution in [2.24, 2.45) is 0 Å². The van der Waals surface area contributed by atoms with E-state index in [0.717, 1.165) is 5.56 Å². The van der Waals surface area contributed by atoms with Crippen LogP contribution in [0, 0.1) is 6.92 Å². The molecule has 2 amide bonds. The Morgan fingerprint density at radius 1 is 1.50 bits per heavy atom. The highest BCUT2D eigenvalue weighted by atomic mass is 32.1. The molecular weight excluding hydrogens is 304 g/mol. The second-order valence-corrected chi connectivity index (χ2v) is 5.94. The monoisotopic (exact) mass is 322 g/mol. The number of ether oxygens (including phenoxy) is 1. The molecule has 2 heterocycles. The Hall–Kier alpha value is -2.19.